The van der Waals surface area contributed by atoms with Crippen molar-refractivity contribution in [3.63, 3.8) is 0 Å². The summed E-state index contributed by atoms with van der Waals surface area (Å²) >= 11 is 0. The minimum Gasteiger partial charge on any atom is -0.486 e. The lowest BCUT2D eigenvalue weighted by Gasteiger charge is -2.31. The molecular weight excluding hydrogens is 392 g/mol. The van der Waals surface area contributed by atoms with Crippen LogP contribution in [-0.4, -0.2) is 42.4 Å². The maximum absolute atomic E-state index is 12.8. The summed E-state index contributed by atoms with van der Waals surface area (Å²) in [5, 5.41) is 11.8. The van der Waals surface area contributed by atoms with E-state index in [1.54, 1.807) is 0 Å². The maximum atomic E-state index is 12.8. The third kappa shape index (κ3) is 4.30. The fourth-order valence-corrected chi connectivity index (χ4v) is 3.99. The fourth-order valence-electron chi connectivity index (χ4n) is 3.99. The van der Waals surface area contributed by atoms with Gasteiger partial charge >= 0.3 is 0 Å². The normalized spacial score (nSPS) is 16.1. The van der Waals surface area contributed by atoms with Crippen molar-refractivity contribution in [1.29, 1.82) is 0 Å². The first-order valence-corrected chi connectivity index (χ1v) is 10.6. The van der Waals surface area contributed by atoms with Gasteiger partial charge < -0.3 is 19.7 Å². The molecule has 0 spiro atoms. The summed E-state index contributed by atoms with van der Waals surface area (Å²) in [5.74, 6) is 2.27. The molecule has 0 unspecified atom stereocenters. The van der Waals surface area contributed by atoms with E-state index in [1.165, 1.54) is 0 Å². The molecule has 7 heteroatoms. The van der Waals surface area contributed by atoms with Crippen molar-refractivity contribution >= 4 is 17.4 Å². The molecule has 2 aliphatic rings. The van der Waals surface area contributed by atoms with Crippen LogP contribution in [0.5, 0.6) is 11.5 Å². The molecule has 2 aliphatic heterocycles. The molecule has 1 saturated heterocycles. The lowest BCUT2D eigenvalue weighted by Crippen LogP contribution is -2.38. The molecule has 1 aromatic heterocycles. The minimum absolute atomic E-state index is 0.0269. The molecule has 1 N–H and O–H groups in total. The van der Waals surface area contributed by atoms with Gasteiger partial charge in [-0.25, -0.2) is 0 Å². The van der Waals surface area contributed by atoms with Crippen molar-refractivity contribution in [3.05, 3.63) is 60.7 Å². The number of fused-ring (bicyclic) bond motifs is 1. The Morgan fingerprint density at radius 1 is 0.903 bits per heavy atom. The van der Waals surface area contributed by atoms with E-state index < -0.39 is 0 Å². The maximum Gasteiger partial charge on any atom is 0.227 e. The van der Waals surface area contributed by atoms with Gasteiger partial charge in [0.25, 0.3) is 0 Å². The van der Waals surface area contributed by atoms with Gasteiger partial charge in [-0.1, -0.05) is 30.3 Å². The van der Waals surface area contributed by atoms with Crippen LogP contribution in [-0.2, 0) is 4.79 Å². The van der Waals surface area contributed by atoms with Crippen molar-refractivity contribution in [3.8, 4) is 22.8 Å². The second-order valence-electron chi connectivity index (χ2n) is 7.75. The van der Waals surface area contributed by atoms with Crippen LogP contribution >= 0.6 is 0 Å². The summed E-state index contributed by atoms with van der Waals surface area (Å²) in [5.41, 5.74) is 2.65. The first-order chi connectivity index (χ1) is 15.3. The summed E-state index contributed by atoms with van der Waals surface area (Å²) in [4.78, 5) is 14.9. The molecule has 158 valence electrons. The molecule has 1 fully saturated rings. The Hall–Kier alpha value is -3.61. The quantitative estimate of drug-likeness (QED) is 0.698. The Balaban J connectivity index is 1.17. The summed E-state index contributed by atoms with van der Waals surface area (Å²) < 4.78 is 11.1. The van der Waals surface area contributed by atoms with Crippen LogP contribution < -0.4 is 19.7 Å². The van der Waals surface area contributed by atoms with Gasteiger partial charge in [0, 0.05) is 36.3 Å². The molecule has 2 aromatic carbocycles. The van der Waals surface area contributed by atoms with E-state index >= 15 is 0 Å². The van der Waals surface area contributed by atoms with Crippen molar-refractivity contribution in [2.24, 2.45) is 5.92 Å². The van der Waals surface area contributed by atoms with Gasteiger partial charge in [0.05, 0.1) is 5.69 Å². The Kier molecular flexibility index (Phi) is 5.39. The number of amides is 1. The van der Waals surface area contributed by atoms with Gasteiger partial charge in [-0.15, -0.1) is 10.2 Å². The minimum atomic E-state index is -0.0269. The van der Waals surface area contributed by atoms with Crippen molar-refractivity contribution < 1.29 is 14.3 Å². The van der Waals surface area contributed by atoms with E-state index in [1.807, 2.05) is 60.7 Å². The average molecular weight is 416 g/mol. The van der Waals surface area contributed by atoms with Crippen LogP contribution in [0.2, 0.25) is 0 Å². The molecule has 7 nitrogen and oxygen atoms in total. The summed E-state index contributed by atoms with van der Waals surface area (Å²) in [6.07, 6.45) is 1.55. The van der Waals surface area contributed by atoms with Crippen molar-refractivity contribution in [1.82, 2.24) is 10.2 Å². The zero-order valence-electron chi connectivity index (χ0n) is 17.2. The molecule has 3 aromatic rings. The molecule has 31 heavy (non-hydrogen) atoms. The predicted molar refractivity (Wildman–Crippen MR) is 118 cm³/mol. The number of rotatable bonds is 4. The highest BCUT2D eigenvalue weighted by molar-refractivity contribution is 5.93. The first-order valence-electron chi connectivity index (χ1n) is 10.6. The number of carbonyl (C=O) groups excluding carboxylic acids is 1. The van der Waals surface area contributed by atoms with Crippen LogP contribution in [0.15, 0.2) is 60.7 Å². The largest absolute Gasteiger partial charge is 0.486 e. The highest BCUT2D eigenvalue weighted by Gasteiger charge is 2.26. The number of nitrogens with zero attached hydrogens (tertiary/aromatic N) is 3. The zero-order chi connectivity index (χ0) is 21.0. The average Bonchev–Trinajstić information content (AvgIpc) is 2.85. The highest BCUT2D eigenvalue weighted by atomic mass is 16.6. The van der Waals surface area contributed by atoms with Crippen molar-refractivity contribution in [2.75, 3.05) is 36.5 Å². The van der Waals surface area contributed by atoms with E-state index in [0.717, 1.165) is 54.4 Å². The SMILES string of the molecule is O=C(Nc1ccc2c(c1)OCCO2)C1CCN(c2ccc(-c3ccccc3)nn2)CC1. The molecule has 1 amide bonds. The smallest absolute Gasteiger partial charge is 0.227 e. The molecule has 0 bridgehead atoms. The van der Waals surface area contributed by atoms with Gasteiger partial charge in [-0.2, -0.15) is 0 Å². The lowest BCUT2D eigenvalue weighted by atomic mass is 9.95. The van der Waals surface area contributed by atoms with Crippen LogP contribution in [0.25, 0.3) is 11.3 Å². The summed E-state index contributed by atoms with van der Waals surface area (Å²) in [6, 6.07) is 19.5. The molecule has 0 aliphatic carbocycles. The number of carbonyl (C=O) groups is 1. The number of hydrogen-bond donors (Lipinski definition) is 1. The molecular formula is C24H24N4O3. The Bertz CT molecular complexity index is 1050. The van der Waals surface area contributed by atoms with Crippen LogP contribution in [0.3, 0.4) is 0 Å². The molecule has 5 rings (SSSR count). The monoisotopic (exact) mass is 416 g/mol. The number of benzene rings is 2. The van der Waals surface area contributed by atoms with Crippen molar-refractivity contribution in [2.45, 2.75) is 12.8 Å². The second-order valence-corrected chi connectivity index (χ2v) is 7.75. The zero-order valence-corrected chi connectivity index (χ0v) is 17.2. The number of aromatic nitrogens is 2. The van der Waals surface area contributed by atoms with E-state index in [4.69, 9.17) is 9.47 Å². The topological polar surface area (TPSA) is 76.6 Å². The molecule has 0 atom stereocenters. The van der Waals surface area contributed by atoms with Gasteiger partial charge in [0.2, 0.25) is 5.91 Å². The van der Waals surface area contributed by atoms with E-state index in [-0.39, 0.29) is 11.8 Å². The fraction of sp³-hybridized carbons (Fsp3) is 0.292. The lowest BCUT2D eigenvalue weighted by molar-refractivity contribution is -0.120. The Morgan fingerprint density at radius 2 is 1.68 bits per heavy atom. The van der Waals surface area contributed by atoms with Gasteiger partial charge in [0.1, 0.15) is 13.2 Å². The predicted octanol–water partition coefficient (Wildman–Crippen LogP) is 3.77. The third-order valence-corrected chi connectivity index (χ3v) is 5.72. The third-order valence-electron chi connectivity index (χ3n) is 5.72. The van der Waals surface area contributed by atoms with Gasteiger partial charge in [-0.3, -0.25) is 4.79 Å². The number of ether oxygens (including phenoxy) is 2. The highest BCUT2D eigenvalue weighted by Crippen LogP contribution is 2.33. The summed E-state index contributed by atoms with van der Waals surface area (Å²) in [6.45, 7) is 2.63. The van der Waals surface area contributed by atoms with Crippen LogP contribution in [0.1, 0.15) is 12.8 Å². The van der Waals surface area contributed by atoms with Gasteiger partial charge in [0.15, 0.2) is 17.3 Å². The summed E-state index contributed by atoms with van der Waals surface area (Å²) in [7, 11) is 0. The first kappa shape index (κ1) is 19.4. The number of piperidine rings is 1. The molecule has 0 saturated carbocycles. The van der Waals surface area contributed by atoms with Crippen LogP contribution in [0, 0.1) is 5.92 Å². The van der Waals surface area contributed by atoms with E-state index in [2.05, 4.69) is 20.4 Å². The number of anilines is 2. The second kappa shape index (κ2) is 8.63. The van der Waals surface area contributed by atoms with Crippen LogP contribution in [0.4, 0.5) is 11.5 Å². The Labute approximate surface area is 181 Å². The molecule has 0 radical (unpaired) electrons. The van der Waals surface area contributed by atoms with E-state index in [0.29, 0.717) is 19.0 Å². The number of nitrogens with one attached hydrogen (secondary N) is 1. The molecule has 3 heterocycles. The standard InChI is InChI=1S/C24H24N4O3/c29-24(25-19-6-8-21-22(16-19)31-15-14-30-21)18-10-12-28(13-11-18)23-9-7-20(26-27-23)17-4-2-1-3-5-17/h1-9,16,18H,10-15H2,(H,25,29). The number of hydrogen-bond acceptors (Lipinski definition) is 6. The van der Waals surface area contributed by atoms with Gasteiger partial charge in [-0.05, 0) is 37.1 Å². The Morgan fingerprint density at radius 3 is 2.42 bits per heavy atom. The van der Waals surface area contributed by atoms with E-state index in [9.17, 15) is 4.79 Å².